The molecule has 0 unspecified atom stereocenters. The van der Waals surface area contributed by atoms with Crippen LogP contribution >= 0.6 is 46.1 Å². The molecule has 2 heterocycles. The average molecular weight is 384 g/mol. The lowest BCUT2D eigenvalue weighted by atomic mass is 10.2. The highest BCUT2D eigenvalue weighted by Gasteiger charge is 2.19. The van der Waals surface area contributed by atoms with Gasteiger partial charge in [0, 0.05) is 5.56 Å². The Morgan fingerprint density at radius 3 is 2.52 bits per heavy atom. The summed E-state index contributed by atoms with van der Waals surface area (Å²) in [7, 11) is -3.85. The number of hydrogen-bond acceptors (Lipinski definition) is 5. The molecule has 2 aromatic heterocycles. The van der Waals surface area contributed by atoms with Crippen LogP contribution in [0.5, 0.6) is 0 Å². The fourth-order valence-electron chi connectivity index (χ4n) is 1.65. The van der Waals surface area contributed by atoms with Gasteiger partial charge in [0.25, 0.3) is 10.0 Å². The first kappa shape index (κ1) is 15.0. The number of primary sulfonamides is 1. The van der Waals surface area contributed by atoms with E-state index < -0.39 is 10.0 Å². The average Bonchev–Trinajstić information content (AvgIpc) is 2.93. The third kappa shape index (κ3) is 2.63. The highest BCUT2D eigenvalue weighted by Crippen LogP contribution is 2.38. The van der Waals surface area contributed by atoms with Crippen molar-refractivity contribution in [3.8, 4) is 11.3 Å². The number of benzene rings is 1. The number of halogens is 3. The number of imidazole rings is 1. The maximum atomic E-state index is 11.2. The van der Waals surface area contributed by atoms with Crippen molar-refractivity contribution in [3.63, 3.8) is 0 Å². The molecular weight excluding hydrogens is 379 g/mol. The van der Waals surface area contributed by atoms with Gasteiger partial charge >= 0.3 is 0 Å². The predicted molar refractivity (Wildman–Crippen MR) is 82.7 cm³/mol. The fourth-order valence-corrected chi connectivity index (χ4v) is 3.79. The Hall–Kier alpha value is -0.900. The summed E-state index contributed by atoms with van der Waals surface area (Å²) in [5, 5.41) is 9.70. The van der Waals surface area contributed by atoms with Crippen molar-refractivity contribution < 1.29 is 8.42 Å². The van der Waals surface area contributed by atoms with Crippen molar-refractivity contribution in [2.45, 2.75) is 4.34 Å². The summed E-state index contributed by atoms with van der Waals surface area (Å²) >= 11 is 18.8. The Morgan fingerprint density at radius 1 is 1.19 bits per heavy atom. The first-order valence-electron chi connectivity index (χ1n) is 5.30. The van der Waals surface area contributed by atoms with Crippen LogP contribution in [-0.2, 0) is 10.0 Å². The quantitative estimate of drug-likeness (QED) is 0.689. The van der Waals surface area contributed by atoms with Crippen molar-refractivity contribution in [3.05, 3.63) is 33.4 Å². The number of fused-ring (bicyclic) bond motifs is 1. The normalized spacial score (nSPS) is 12.2. The second-order valence-electron chi connectivity index (χ2n) is 3.99. The molecule has 110 valence electrons. The van der Waals surface area contributed by atoms with Gasteiger partial charge in [-0.15, -0.1) is 5.10 Å². The van der Waals surface area contributed by atoms with Gasteiger partial charge < -0.3 is 0 Å². The van der Waals surface area contributed by atoms with E-state index in [0.717, 1.165) is 11.3 Å². The molecule has 0 fully saturated rings. The first-order valence-corrected chi connectivity index (χ1v) is 8.80. The van der Waals surface area contributed by atoms with Crippen molar-refractivity contribution in [2.75, 3.05) is 0 Å². The topological polar surface area (TPSA) is 90.4 Å². The fraction of sp³-hybridized carbons (Fsp3) is 0. The highest BCUT2D eigenvalue weighted by atomic mass is 35.5. The number of sulfonamides is 1. The summed E-state index contributed by atoms with van der Waals surface area (Å²) in [4.78, 5) is 4.63. The van der Waals surface area contributed by atoms with E-state index in [1.807, 2.05) is 0 Å². The van der Waals surface area contributed by atoms with E-state index in [1.165, 1.54) is 10.7 Å². The van der Waals surface area contributed by atoms with Gasteiger partial charge in [-0.25, -0.2) is 23.1 Å². The van der Waals surface area contributed by atoms with E-state index in [9.17, 15) is 8.42 Å². The molecular formula is C10H5Cl3N4O2S2. The third-order valence-electron chi connectivity index (χ3n) is 2.58. The third-order valence-corrected chi connectivity index (χ3v) is 6.11. The van der Waals surface area contributed by atoms with Crippen LogP contribution in [0, 0.1) is 0 Å². The molecule has 2 N–H and O–H groups in total. The van der Waals surface area contributed by atoms with E-state index >= 15 is 0 Å². The molecule has 0 aliphatic rings. The molecule has 0 bridgehead atoms. The molecule has 0 spiro atoms. The zero-order valence-electron chi connectivity index (χ0n) is 9.92. The molecule has 6 nitrogen and oxygen atoms in total. The van der Waals surface area contributed by atoms with Crippen LogP contribution in [0.25, 0.3) is 16.2 Å². The summed E-state index contributed by atoms with van der Waals surface area (Å²) in [6.07, 6.45) is 1.53. The Morgan fingerprint density at radius 2 is 1.90 bits per heavy atom. The number of nitrogens with zero attached hydrogens (tertiary/aromatic N) is 3. The Kier molecular flexibility index (Phi) is 3.63. The molecule has 21 heavy (non-hydrogen) atoms. The van der Waals surface area contributed by atoms with Gasteiger partial charge in [-0.3, -0.25) is 0 Å². The monoisotopic (exact) mass is 382 g/mol. The largest absolute Gasteiger partial charge is 0.267 e. The predicted octanol–water partition coefficient (Wildman–Crippen LogP) is 3.07. The molecule has 11 heteroatoms. The number of hydrogen-bond donors (Lipinski definition) is 1. The molecule has 0 amide bonds. The van der Waals surface area contributed by atoms with E-state index in [0.29, 0.717) is 21.2 Å². The second kappa shape index (κ2) is 5.08. The molecule has 3 rings (SSSR count). The van der Waals surface area contributed by atoms with Crippen molar-refractivity contribution in [1.29, 1.82) is 0 Å². The zero-order valence-corrected chi connectivity index (χ0v) is 13.8. The van der Waals surface area contributed by atoms with Gasteiger partial charge in [0.2, 0.25) is 9.30 Å². The Bertz CT molecular complexity index is 933. The van der Waals surface area contributed by atoms with E-state index in [4.69, 9.17) is 39.9 Å². The minimum absolute atomic E-state index is 0.211. The number of rotatable bonds is 2. The van der Waals surface area contributed by atoms with Crippen LogP contribution in [0.4, 0.5) is 0 Å². The Labute approximate surface area is 138 Å². The van der Waals surface area contributed by atoms with Gasteiger partial charge in [-0.2, -0.15) is 0 Å². The van der Waals surface area contributed by atoms with Crippen LogP contribution < -0.4 is 5.14 Å². The van der Waals surface area contributed by atoms with Gasteiger partial charge in [-0.05, 0) is 12.1 Å². The maximum Gasteiger partial charge on any atom is 0.267 e. The van der Waals surface area contributed by atoms with Crippen LogP contribution in [0.2, 0.25) is 15.1 Å². The molecule has 1 aromatic carbocycles. The van der Waals surface area contributed by atoms with Crippen molar-refractivity contribution in [1.82, 2.24) is 14.6 Å². The second-order valence-corrected chi connectivity index (χ2v) is 7.84. The van der Waals surface area contributed by atoms with Crippen LogP contribution in [0.1, 0.15) is 0 Å². The van der Waals surface area contributed by atoms with E-state index in [-0.39, 0.29) is 14.4 Å². The molecule has 0 atom stereocenters. The lowest BCUT2D eigenvalue weighted by Crippen LogP contribution is -2.12. The summed E-state index contributed by atoms with van der Waals surface area (Å²) in [6.45, 7) is 0. The molecule has 0 aliphatic heterocycles. The standard InChI is InChI=1S/C10H5Cl3N4O2S2/c11-5-2-1-4(7(12)8(5)13)6-3-17-9(15-6)20-10(16-17)21(14,18)19/h1-3H,(H2,14,18,19). The van der Waals surface area contributed by atoms with Gasteiger partial charge in [-0.1, -0.05) is 46.1 Å². The minimum Gasteiger partial charge on any atom is -0.223 e. The lowest BCUT2D eigenvalue weighted by molar-refractivity contribution is 0.595. The van der Waals surface area contributed by atoms with Gasteiger partial charge in [0.1, 0.15) is 0 Å². The molecule has 0 saturated heterocycles. The van der Waals surface area contributed by atoms with E-state index in [2.05, 4.69) is 10.1 Å². The lowest BCUT2D eigenvalue weighted by Gasteiger charge is -2.03. The summed E-state index contributed by atoms with van der Waals surface area (Å²) in [5.74, 6) is 0. The van der Waals surface area contributed by atoms with Gasteiger partial charge in [0.05, 0.1) is 27.0 Å². The van der Waals surface area contributed by atoms with Crippen molar-refractivity contribution in [2.24, 2.45) is 5.14 Å². The van der Waals surface area contributed by atoms with Crippen LogP contribution in [0.15, 0.2) is 22.7 Å². The molecule has 3 aromatic rings. The summed E-state index contributed by atoms with van der Waals surface area (Å²) in [5.41, 5.74) is 1.07. The maximum absolute atomic E-state index is 11.2. The summed E-state index contributed by atoms with van der Waals surface area (Å²) < 4.78 is 23.6. The minimum atomic E-state index is -3.85. The smallest absolute Gasteiger partial charge is 0.223 e. The SMILES string of the molecule is NS(=O)(=O)c1nn2cc(-c3ccc(Cl)c(Cl)c3Cl)nc2s1. The molecule has 0 aliphatic carbocycles. The van der Waals surface area contributed by atoms with Crippen LogP contribution in [0.3, 0.4) is 0 Å². The zero-order chi connectivity index (χ0) is 15.4. The van der Waals surface area contributed by atoms with Gasteiger partial charge in [0.15, 0.2) is 0 Å². The molecule has 0 radical (unpaired) electrons. The Balaban J connectivity index is 2.15. The van der Waals surface area contributed by atoms with Crippen molar-refractivity contribution >= 4 is 61.1 Å². The highest BCUT2D eigenvalue weighted by molar-refractivity contribution is 7.91. The number of nitrogens with two attached hydrogens (primary N) is 1. The summed E-state index contributed by atoms with van der Waals surface area (Å²) in [6, 6.07) is 3.27. The van der Waals surface area contributed by atoms with E-state index in [1.54, 1.807) is 12.1 Å². The number of aromatic nitrogens is 3. The first-order chi connectivity index (χ1) is 9.77. The van der Waals surface area contributed by atoms with Crippen LogP contribution in [-0.4, -0.2) is 23.0 Å². The molecule has 0 saturated carbocycles.